The smallest absolute Gasteiger partial charge is 0.191 e. The van der Waals surface area contributed by atoms with Crippen LogP contribution in [-0.4, -0.2) is 55.3 Å². The van der Waals surface area contributed by atoms with Gasteiger partial charge >= 0.3 is 0 Å². The van der Waals surface area contributed by atoms with Crippen LogP contribution in [0.25, 0.3) is 0 Å². The molecule has 1 saturated carbocycles. The number of nitrogens with zero attached hydrogens (tertiary/aromatic N) is 3. The molecular weight excluding hydrogens is 331 g/mol. The minimum atomic E-state index is -0.205. The molecule has 0 amide bonds. The van der Waals surface area contributed by atoms with Crippen molar-refractivity contribution in [2.24, 2.45) is 16.1 Å². The van der Waals surface area contributed by atoms with Crippen LogP contribution >= 0.6 is 0 Å². The topological polar surface area (TPSA) is 65.1 Å². The molecule has 2 fully saturated rings. The van der Waals surface area contributed by atoms with Crippen molar-refractivity contribution in [1.82, 2.24) is 4.90 Å². The number of halogens is 1. The van der Waals surface area contributed by atoms with Gasteiger partial charge in [0.25, 0.3) is 0 Å². The van der Waals surface area contributed by atoms with Crippen molar-refractivity contribution in [3.63, 3.8) is 0 Å². The molecule has 3 rings (SSSR count). The molecule has 0 aromatic heterocycles. The average Bonchev–Trinajstić information content (AvgIpc) is 2.68. The van der Waals surface area contributed by atoms with Gasteiger partial charge in [-0.3, -0.25) is 4.99 Å². The highest BCUT2D eigenvalue weighted by atomic mass is 19.1. The Hall–Kier alpha value is -1.82. The van der Waals surface area contributed by atoms with Gasteiger partial charge in [0, 0.05) is 45.0 Å². The fraction of sp³-hybridized carbons (Fsp3) is 0.650. The quantitative estimate of drug-likeness (QED) is 0.624. The average molecular weight is 362 g/mol. The molecule has 144 valence electrons. The first-order valence-electron chi connectivity index (χ1n) is 9.78. The zero-order valence-corrected chi connectivity index (χ0v) is 15.5. The van der Waals surface area contributed by atoms with Crippen molar-refractivity contribution in [2.75, 3.05) is 44.2 Å². The summed E-state index contributed by atoms with van der Waals surface area (Å²) in [7, 11) is 0. The van der Waals surface area contributed by atoms with E-state index < -0.39 is 0 Å². The molecule has 1 aromatic rings. The predicted molar refractivity (Wildman–Crippen MR) is 104 cm³/mol. The standard InChI is InChI=1S/C20H31FN4O/c21-17-4-6-18(7-5-17)24-11-13-25(14-12-24)19(22)23-16-20(10-15-26)8-2-1-3-9-20/h4-7,26H,1-3,8-16H2,(H2,22,23). The molecule has 2 aliphatic rings. The maximum atomic E-state index is 13.1. The molecule has 6 heteroatoms. The molecule has 0 bridgehead atoms. The molecule has 1 aliphatic carbocycles. The Kier molecular flexibility index (Phi) is 6.35. The number of rotatable bonds is 5. The minimum Gasteiger partial charge on any atom is -0.396 e. The Balaban J connectivity index is 1.54. The third kappa shape index (κ3) is 4.67. The van der Waals surface area contributed by atoms with E-state index in [4.69, 9.17) is 10.7 Å². The minimum absolute atomic E-state index is 0.132. The van der Waals surface area contributed by atoms with Gasteiger partial charge in [0.1, 0.15) is 5.82 Å². The summed E-state index contributed by atoms with van der Waals surface area (Å²) in [6, 6.07) is 6.65. The van der Waals surface area contributed by atoms with Crippen LogP contribution in [0.15, 0.2) is 29.3 Å². The molecular formula is C20H31FN4O. The molecule has 1 saturated heterocycles. The fourth-order valence-corrected chi connectivity index (χ4v) is 4.22. The van der Waals surface area contributed by atoms with E-state index in [2.05, 4.69) is 9.80 Å². The van der Waals surface area contributed by atoms with Crippen LogP contribution in [0.2, 0.25) is 0 Å². The van der Waals surface area contributed by atoms with Gasteiger partial charge in [0.15, 0.2) is 5.96 Å². The Morgan fingerprint density at radius 2 is 1.73 bits per heavy atom. The maximum Gasteiger partial charge on any atom is 0.191 e. The van der Waals surface area contributed by atoms with E-state index in [0.717, 1.165) is 57.7 Å². The number of nitrogens with two attached hydrogens (primary N) is 1. The van der Waals surface area contributed by atoms with Crippen molar-refractivity contribution >= 4 is 11.6 Å². The van der Waals surface area contributed by atoms with Gasteiger partial charge < -0.3 is 20.6 Å². The number of hydrogen-bond acceptors (Lipinski definition) is 3. The fourth-order valence-electron chi connectivity index (χ4n) is 4.22. The van der Waals surface area contributed by atoms with Gasteiger partial charge in [0.05, 0.1) is 0 Å². The van der Waals surface area contributed by atoms with Gasteiger partial charge in [-0.15, -0.1) is 0 Å². The van der Waals surface area contributed by atoms with Gasteiger partial charge in [-0.25, -0.2) is 4.39 Å². The summed E-state index contributed by atoms with van der Waals surface area (Å²) in [4.78, 5) is 9.09. The second-order valence-electron chi connectivity index (χ2n) is 7.66. The number of piperazine rings is 1. The zero-order valence-electron chi connectivity index (χ0n) is 15.5. The highest BCUT2D eigenvalue weighted by Gasteiger charge is 2.31. The van der Waals surface area contributed by atoms with E-state index in [9.17, 15) is 9.50 Å². The monoisotopic (exact) mass is 362 g/mol. The third-order valence-corrected chi connectivity index (χ3v) is 5.93. The van der Waals surface area contributed by atoms with Gasteiger partial charge in [-0.05, 0) is 48.9 Å². The number of guanidine groups is 1. The second-order valence-corrected chi connectivity index (χ2v) is 7.66. The Morgan fingerprint density at radius 3 is 2.35 bits per heavy atom. The van der Waals surface area contributed by atoms with E-state index in [-0.39, 0.29) is 17.8 Å². The number of aliphatic hydroxyl groups is 1. The van der Waals surface area contributed by atoms with Gasteiger partial charge in [0.2, 0.25) is 0 Å². The lowest BCUT2D eigenvalue weighted by Crippen LogP contribution is -2.51. The number of anilines is 1. The van der Waals surface area contributed by atoms with Crippen molar-refractivity contribution < 1.29 is 9.50 Å². The number of aliphatic imine (C=N–C) groups is 1. The van der Waals surface area contributed by atoms with Crippen LogP contribution in [0.4, 0.5) is 10.1 Å². The molecule has 0 radical (unpaired) electrons. The molecule has 1 heterocycles. The highest BCUT2D eigenvalue weighted by Crippen LogP contribution is 2.39. The van der Waals surface area contributed by atoms with Crippen LogP contribution in [-0.2, 0) is 0 Å². The Bertz CT molecular complexity index is 585. The van der Waals surface area contributed by atoms with Gasteiger partial charge in [-0.1, -0.05) is 19.3 Å². The van der Waals surface area contributed by atoms with Crippen LogP contribution in [0, 0.1) is 11.2 Å². The number of benzene rings is 1. The molecule has 5 nitrogen and oxygen atoms in total. The summed E-state index contributed by atoms with van der Waals surface area (Å²) in [6.45, 7) is 4.29. The first-order valence-corrected chi connectivity index (χ1v) is 9.78. The van der Waals surface area contributed by atoms with Crippen LogP contribution in [0.3, 0.4) is 0 Å². The van der Waals surface area contributed by atoms with Crippen LogP contribution < -0.4 is 10.6 Å². The maximum absolute atomic E-state index is 13.1. The summed E-state index contributed by atoms with van der Waals surface area (Å²) in [6.07, 6.45) is 6.85. The molecule has 26 heavy (non-hydrogen) atoms. The molecule has 0 spiro atoms. The largest absolute Gasteiger partial charge is 0.396 e. The van der Waals surface area contributed by atoms with Gasteiger partial charge in [-0.2, -0.15) is 0 Å². The Labute approximate surface area is 155 Å². The van der Waals surface area contributed by atoms with Crippen molar-refractivity contribution in [2.45, 2.75) is 38.5 Å². The first kappa shape index (κ1) is 19.0. The van der Waals surface area contributed by atoms with Crippen LogP contribution in [0.1, 0.15) is 38.5 Å². The number of aliphatic hydroxyl groups excluding tert-OH is 1. The highest BCUT2D eigenvalue weighted by molar-refractivity contribution is 5.78. The normalized spacial score (nSPS) is 21.1. The van der Waals surface area contributed by atoms with Crippen molar-refractivity contribution in [1.29, 1.82) is 0 Å². The number of hydrogen-bond donors (Lipinski definition) is 2. The lowest BCUT2D eigenvalue weighted by atomic mass is 9.72. The lowest BCUT2D eigenvalue weighted by molar-refractivity contribution is 0.137. The SMILES string of the molecule is NC(=NCC1(CCO)CCCCC1)N1CCN(c2ccc(F)cc2)CC1. The van der Waals surface area contributed by atoms with Crippen LogP contribution in [0.5, 0.6) is 0 Å². The van der Waals surface area contributed by atoms with Crippen molar-refractivity contribution in [3.8, 4) is 0 Å². The molecule has 3 N–H and O–H groups in total. The summed E-state index contributed by atoms with van der Waals surface area (Å²) in [5.74, 6) is 0.412. The third-order valence-electron chi connectivity index (χ3n) is 5.93. The zero-order chi connectivity index (χ0) is 18.4. The summed E-state index contributed by atoms with van der Waals surface area (Å²) < 4.78 is 13.1. The molecule has 1 aromatic carbocycles. The molecule has 1 aliphatic heterocycles. The van der Waals surface area contributed by atoms with Crippen molar-refractivity contribution in [3.05, 3.63) is 30.1 Å². The van der Waals surface area contributed by atoms with E-state index in [1.54, 1.807) is 0 Å². The molecule has 0 unspecified atom stereocenters. The van der Waals surface area contributed by atoms with E-state index in [1.807, 2.05) is 12.1 Å². The van der Waals surface area contributed by atoms with E-state index >= 15 is 0 Å². The summed E-state index contributed by atoms with van der Waals surface area (Å²) in [5, 5.41) is 9.43. The first-order chi connectivity index (χ1) is 12.6. The lowest BCUT2D eigenvalue weighted by Gasteiger charge is -2.38. The summed E-state index contributed by atoms with van der Waals surface area (Å²) in [5.41, 5.74) is 7.45. The summed E-state index contributed by atoms with van der Waals surface area (Å²) >= 11 is 0. The predicted octanol–water partition coefficient (Wildman–Crippen LogP) is 2.60. The Morgan fingerprint density at radius 1 is 1.08 bits per heavy atom. The van der Waals surface area contributed by atoms with E-state index in [0.29, 0.717) is 5.96 Å². The van der Waals surface area contributed by atoms with E-state index in [1.165, 1.54) is 31.4 Å². The second kappa shape index (κ2) is 8.71. The molecule has 0 atom stereocenters.